The molecule has 1 aromatic heterocycles. The minimum absolute atomic E-state index is 0.0909. The maximum absolute atomic E-state index is 15.1. The topological polar surface area (TPSA) is 107 Å². The van der Waals surface area contributed by atoms with Crippen LogP contribution in [0.4, 0.5) is 15.0 Å². The highest BCUT2D eigenvalue weighted by Gasteiger charge is 2.38. The Hall–Kier alpha value is -3.98. The fourth-order valence-electron chi connectivity index (χ4n) is 5.47. The molecule has 0 unspecified atom stereocenters. The Morgan fingerprint density at radius 1 is 1.02 bits per heavy atom. The third-order valence-electron chi connectivity index (χ3n) is 7.68. The van der Waals surface area contributed by atoms with Crippen molar-refractivity contribution in [1.82, 2.24) is 15.2 Å². The highest BCUT2D eigenvalue weighted by atomic mass is 19.1. The second kappa shape index (κ2) is 10.5. The molecule has 9 heteroatoms. The Labute approximate surface area is 233 Å². The molecule has 1 fully saturated rings. The molecule has 0 spiro atoms. The summed E-state index contributed by atoms with van der Waals surface area (Å²) in [5.41, 5.74) is 9.94. The van der Waals surface area contributed by atoms with E-state index in [9.17, 15) is 9.59 Å². The average molecular weight is 547 g/mol. The first-order valence-electron chi connectivity index (χ1n) is 13.5. The van der Waals surface area contributed by atoms with Crippen LogP contribution in [0.3, 0.4) is 0 Å². The first kappa shape index (κ1) is 27.6. The molecule has 0 radical (unpaired) electrons. The van der Waals surface area contributed by atoms with Crippen LogP contribution in [-0.2, 0) is 21.5 Å². The number of amides is 2. The standard InChI is InChI=1S/C31H35FN4O4/c1-30(2,3)40-29(38)36-15-12-31(39-4,13-16-36)22-8-5-19(6-9-22)24-18-25(27(33)35-26(24)32)20-7-10-23-21(17-20)11-14-34-28(23)37/h5-10,17-18H,11-16H2,1-4H3,(H2,33,35)(H,34,37). The molecule has 3 N–H and O–H groups in total. The molecule has 2 aromatic carbocycles. The van der Waals surface area contributed by atoms with Gasteiger partial charge in [-0.1, -0.05) is 36.4 Å². The smallest absolute Gasteiger partial charge is 0.410 e. The van der Waals surface area contributed by atoms with Gasteiger partial charge in [0.25, 0.3) is 5.91 Å². The molecule has 210 valence electrons. The maximum atomic E-state index is 15.1. The van der Waals surface area contributed by atoms with E-state index in [1.54, 1.807) is 24.1 Å². The predicted molar refractivity (Wildman–Crippen MR) is 151 cm³/mol. The Morgan fingerprint density at radius 2 is 1.70 bits per heavy atom. The van der Waals surface area contributed by atoms with Gasteiger partial charge >= 0.3 is 6.09 Å². The van der Waals surface area contributed by atoms with Crippen molar-refractivity contribution < 1.29 is 23.5 Å². The number of nitrogens with one attached hydrogen (secondary N) is 1. The zero-order chi connectivity index (χ0) is 28.7. The molecule has 0 aliphatic carbocycles. The van der Waals surface area contributed by atoms with Gasteiger partial charge in [0.2, 0.25) is 5.95 Å². The van der Waals surface area contributed by atoms with Crippen LogP contribution in [0.1, 0.15) is 55.1 Å². The number of methoxy groups -OCH3 is 1. The van der Waals surface area contributed by atoms with Crippen molar-refractivity contribution in [3.63, 3.8) is 0 Å². The second-order valence-corrected chi connectivity index (χ2v) is 11.4. The van der Waals surface area contributed by atoms with Crippen molar-refractivity contribution in [2.45, 2.75) is 51.2 Å². The number of likely N-dealkylation sites (tertiary alicyclic amines) is 1. The van der Waals surface area contributed by atoms with Gasteiger partial charge in [0, 0.05) is 43.4 Å². The van der Waals surface area contributed by atoms with Gasteiger partial charge in [-0.2, -0.15) is 4.39 Å². The van der Waals surface area contributed by atoms with Gasteiger partial charge in [-0.05, 0) is 74.4 Å². The molecule has 2 amide bonds. The van der Waals surface area contributed by atoms with Gasteiger partial charge in [0.15, 0.2) is 0 Å². The lowest BCUT2D eigenvalue weighted by Crippen LogP contribution is -2.47. The number of carbonyl (C=O) groups is 2. The molecule has 40 heavy (non-hydrogen) atoms. The number of benzene rings is 2. The van der Waals surface area contributed by atoms with Gasteiger partial charge in [-0.25, -0.2) is 9.78 Å². The third-order valence-corrected chi connectivity index (χ3v) is 7.68. The van der Waals surface area contributed by atoms with Crippen molar-refractivity contribution in [3.05, 3.63) is 71.2 Å². The van der Waals surface area contributed by atoms with Gasteiger partial charge in [0.1, 0.15) is 11.4 Å². The first-order chi connectivity index (χ1) is 19.0. The maximum Gasteiger partial charge on any atom is 0.410 e. The molecular formula is C31H35FN4O4. The number of hydrogen-bond donors (Lipinski definition) is 2. The number of fused-ring (bicyclic) bond motifs is 1. The highest BCUT2D eigenvalue weighted by molar-refractivity contribution is 5.97. The normalized spacial score (nSPS) is 16.7. The van der Waals surface area contributed by atoms with Crippen LogP contribution in [-0.4, -0.2) is 54.2 Å². The molecule has 1 saturated heterocycles. The fraction of sp³-hybridized carbons (Fsp3) is 0.387. The van der Waals surface area contributed by atoms with Crippen LogP contribution >= 0.6 is 0 Å². The lowest BCUT2D eigenvalue weighted by Gasteiger charge is -2.41. The summed E-state index contributed by atoms with van der Waals surface area (Å²) in [5.74, 6) is -0.658. The third kappa shape index (κ3) is 5.38. The summed E-state index contributed by atoms with van der Waals surface area (Å²) < 4.78 is 26.6. The monoisotopic (exact) mass is 546 g/mol. The second-order valence-electron chi connectivity index (χ2n) is 11.4. The summed E-state index contributed by atoms with van der Waals surface area (Å²) in [6.07, 6.45) is 1.62. The Morgan fingerprint density at radius 3 is 2.35 bits per heavy atom. The molecule has 0 atom stereocenters. The molecule has 3 aromatic rings. The summed E-state index contributed by atoms with van der Waals surface area (Å²) in [6, 6.07) is 14.8. The van der Waals surface area contributed by atoms with Crippen LogP contribution in [0.25, 0.3) is 22.3 Å². The van der Waals surface area contributed by atoms with Crippen molar-refractivity contribution in [2.24, 2.45) is 0 Å². The molecule has 2 aliphatic heterocycles. The predicted octanol–water partition coefficient (Wildman–Crippen LogP) is 5.30. The van der Waals surface area contributed by atoms with E-state index < -0.39 is 17.1 Å². The van der Waals surface area contributed by atoms with E-state index in [1.165, 1.54) is 0 Å². The molecule has 2 aliphatic rings. The summed E-state index contributed by atoms with van der Waals surface area (Å²) in [4.78, 5) is 30.4. The number of anilines is 1. The van der Waals surface area contributed by atoms with Crippen molar-refractivity contribution in [2.75, 3.05) is 32.5 Å². The summed E-state index contributed by atoms with van der Waals surface area (Å²) in [5, 5.41) is 2.84. The minimum atomic E-state index is -0.654. The largest absolute Gasteiger partial charge is 0.444 e. The van der Waals surface area contributed by atoms with E-state index in [4.69, 9.17) is 15.2 Å². The van der Waals surface area contributed by atoms with Crippen LogP contribution in [0.5, 0.6) is 0 Å². The zero-order valence-electron chi connectivity index (χ0n) is 23.3. The van der Waals surface area contributed by atoms with Crippen LogP contribution in [0.15, 0.2) is 48.5 Å². The number of ether oxygens (including phenoxy) is 2. The number of aromatic nitrogens is 1. The minimum Gasteiger partial charge on any atom is -0.444 e. The number of rotatable bonds is 4. The fourth-order valence-corrected chi connectivity index (χ4v) is 5.47. The average Bonchev–Trinajstić information content (AvgIpc) is 2.92. The SMILES string of the molecule is COC1(c2ccc(-c3cc(-c4ccc5c(c4)CCNC5=O)c(N)nc3F)cc2)CCN(C(=O)OC(C)(C)C)CC1. The van der Waals surface area contributed by atoms with E-state index in [1.807, 2.05) is 57.2 Å². The van der Waals surface area contributed by atoms with Crippen LogP contribution in [0, 0.1) is 5.95 Å². The molecule has 3 heterocycles. The van der Waals surface area contributed by atoms with E-state index in [2.05, 4.69) is 10.3 Å². The van der Waals surface area contributed by atoms with Crippen molar-refractivity contribution >= 4 is 17.8 Å². The van der Waals surface area contributed by atoms with E-state index in [0.717, 1.165) is 16.7 Å². The summed E-state index contributed by atoms with van der Waals surface area (Å²) in [7, 11) is 1.68. The van der Waals surface area contributed by atoms with Crippen LogP contribution < -0.4 is 11.1 Å². The Bertz CT molecular complexity index is 1440. The zero-order valence-corrected chi connectivity index (χ0v) is 23.3. The highest BCUT2D eigenvalue weighted by Crippen LogP contribution is 2.39. The van der Waals surface area contributed by atoms with E-state index in [0.29, 0.717) is 61.2 Å². The number of nitrogen functional groups attached to an aromatic ring is 1. The Kier molecular flexibility index (Phi) is 7.27. The number of piperidine rings is 1. The number of halogens is 1. The van der Waals surface area contributed by atoms with E-state index in [-0.39, 0.29) is 17.8 Å². The van der Waals surface area contributed by atoms with E-state index >= 15 is 4.39 Å². The molecule has 0 saturated carbocycles. The van der Waals surface area contributed by atoms with Gasteiger partial charge in [-0.15, -0.1) is 0 Å². The number of nitrogens with two attached hydrogens (primary N) is 1. The van der Waals surface area contributed by atoms with Crippen molar-refractivity contribution in [3.8, 4) is 22.3 Å². The summed E-state index contributed by atoms with van der Waals surface area (Å²) in [6.45, 7) is 7.15. The molecule has 8 nitrogen and oxygen atoms in total. The quantitative estimate of drug-likeness (QED) is 0.431. The molecule has 0 bridgehead atoms. The van der Waals surface area contributed by atoms with Gasteiger partial charge in [0.05, 0.1) is 5.60 Å². The number of carbonyl (C=O) groups excluding carboxylic acids is 2. The molecule has 5 rings (SSSR count). The number of pyridine rings is 1. The lowest BCUT2D eigenvalue weighted by molar-refractivity contribution is -0.0650. The first-order valence-corrected chi connectivity index (χ1v) is 13.5. The summed E-state index contributed by atoms with van der Waals surface area (Å²) >= 11 is 0. The molecular weight excluding hydrogens is 511 g/mol. The van der Waals surface area contributed by atoms with Crippen molar-refractivity contribution in [1.29, 1.82) is 0 Å². The lowest BCUT2D eigenvalue weighted by atomic mass is 9.83. The van der Waals surface area contributed by atoms with Gasteiger partial charge < -0.3 is 25.4 Å². The van der Waals surface area contributed by atoms with Crippen LogP contribution in [0.2, 0.25) is 0 Å². The Balaban J connectivity index is 1.39. The number of hydrogen-bond acceptors (Lipinski definition) is 6. The van der Waals surface area contributed by atoms with Gasteiger partial charge in [-0.3, -0.25) is 4.79 Å². The number of nitrogens with zero attached hydrogens (tertiary/aromatic N) is 2.